The quantitative estimate of drug-likeness (QED) is 0.211. The van der Waals surface area contributed by atoms with Crippen LogP contribution in [0.25, 0.3) is 17.4 Å². The standard InChI is InChI=1S/C21H14N2O4/c1-14-4-2-3-5-19(14)21(24)16(13-22)12-18-10-11-20(27-18)15-6-8-17(9-7-15)23(25)26/h2-12H,1H3/b16-12+. The molecule has 0 saturated carbocycles. The Balaban J connectivity index is 1.89. The highest BCUT2D eigenvalue weighted by Crippen LogP contribution is 2.26. The number of ketones is 1. The summed E-state index contributed by atoms with van der Waals surface area (Å²) < 4.78 is 5.67. The number of rotatable bonds is 5. The zero-order valence-corrected chi connectivity index (χ0v) is 14.4. The van der Waals surface area contributed by atoms with Crippen LogP contribution in [0, 0.1) is 28.4 Å². The summed E-state index contributed by atoms with van der Waals surface area (Å²) in [6.07, 6.45) is 1.39. The van der Waals surface area contributed by atoms with Crippen molar-refractivity contribution < 1.29 is 14.1 Å². The van der Waals surface area contributed by atoms with Gasteiger partial charge in [-0.15, -0.1) is 0 Å². The van der Waals surface area contributed by atoms with Crippen molar-refractivity contribution in [1.82, 2.24) is 0 Å². The number of carbonyl (C=O) groups excluding carboxylic acids is 1. The van der Waals surface area contributed by atoms with E-state index in [1.165, 1.54) is 18.2 Å². The summed E-state index contributed by atoms with van der Waals surface area (Å²) in [6, 6.07) is 18.2. The molecule has 6 heteroatoms. The van der Waals surface area contributed by atoms with E-state index in [2.05, 4.69) is 0 Å². The molecular weight excluding hydrogens is 344 g/mol. The minimum Gasteiger partial charge on any atom is -0.457 e. The van der Waals surface area contributed by atoms with Gasteiger partial charge in [0.15, 0.2) is 0 Å². The summed E-state index contributed by atoms with van der Waals surface area (Å²) in [6.45, 7) is 1.81. The zero-order valence-electron chi connectivity index (χ0n) is 14.4. The second kappa shape index (κ2) is 7.50. The van der Waals surface area contributed by atoms with E-state index in [0.717, 1.165) is 5.56 Å². The highest BCUT2D eigenvalue weighted by atomic mass is 16.6. The molecule has 1 heterocycles. The molecule has 6 nitrogen and oxygen atoms in total. The first kappa shape index (κ1) is 17.8. The summed E-state index contributed by atoms with van der Waals surface area (Å²) in [7, 11) is 0. The van der Waals surface area contributed by atoms with Gasteiger partial charge in [0.2, 0.25) is 5.78 Å². The highest BCUT2D eigenvalue weighted by Gasteiger charge is 2.15. The molecule has 0 aliphatic carbocycles. The van der Waals surface area contributed by atoms with E-state index in [4.69, 9.17) is 4.42 Å². The Bertz CT molecular complexity index is 1090. The molecule has 2 aromatic carbocycles. The number of aryl methyl sites for hydroxylation is 1. The lowest BCUT2D eigenvalue weighted by molar-refractivity contribution is -0.384. The van der Waals surface area contributed by atoms with Gasteiger partial charge in [0, 0.05) is 29.3 Å². The number of hydrogen-bond acceptors (Lipinski definition) is 5. The maximum absolute atomic E-state index is 12.6. The van der Waals surface area contributed by atoms with Gasteiger partial charge < -0.3 is 4.42 Å². The van der Waals surface area contributed by atoms with Gasteiger partial charge in [-0.3, -0.25) is 14.9 Å². The summed E-state index contributed by atoms with van der Waals surface area (Å²) >= 11 is 0. The van der Waals surface area contributed by atoms with Crippen molar-refractivity contribution in [1.29, 1.82) is 5.26 Å². The maximum atomic E-state index is 12.6. The average molecular weight is 358 g/mol. The molecule has 0 atom stereocenters. The molecule has 27 heavy (non-hydrogen) atoms. The van der Waals surface area contributed by atoms with Gasteiger partial charge in [0.1, 0.15) is 23.2 Å². The lowest BCUT2D eigenvalue weighted by Crippen LogP contribution is -2.03. The molecule has 1 aromatic heterocycles. The topological polar surface area (TPSA) is 97.1 Å². The van der Waals surface area contributed by atoms with Gasteiger partial charge in [-0.1, -0.05) is 24.3 Å². The zero-order chi connectivity index (χ0) is 19.4. The van der Waals surface area contributed by atoms with Crippen LogP contribution in [-0.4, -0.2) is 10.7 Å². The molecule has 3 rings (SSSR count). The summed E-state index contributed by atoms with van der Waals surface area (Å²) in [4.78, 5) is 22.8. The Labute approximate surface area is 155 Å². The van der Waals surface area contributed by atoms with Crippen molar-refractivity contribution in [3.05, 3.63) is 93.2 Å². The second-order valence-corrected chi connectivity index (χ2v) is 5.82. The predicted octanol–water partition coefficient (Wildman–Crippen LogP) is 4.95. The maximum Gasteiger partial charge on any atom is 0.269 e. The fourth-order valence-electron chi connectivity index (χ4n) is 2.60. The number of allylic oxidation sites excluding steroid dienone is 1. The minimum atomic E-state index is -0.476. The van der Waals surface area contributed by atoms with Crippen molar-refractivity contribution in [3.8, 4) is 17.4 Å². The van der Waals surface area contributed by atoms with E-state index in [1.807, 2.05) is 25.1 Å². The molecule has 0 amide bonds. The Morgan fingerprint density at radius 3 is 2.44 bits per heavy atom. The van der Waals surface area contributed by atoms with Crippen LogP contribution < -0.4 is 0 Å². The van der Waals surface area contributed by atoms with Crippen LogP contribution in [0.1, 0.15) is 21.7 Å². The van der Waals surface area contributed by atoms with Crippen LogP contribution in [0.15, 0.2) is 70.7 Å². The molecule has 0 spiro atoms. The lowest BCUT2D eigenvalue weighted by Gasteiger charge is -2.02. The molecule has 0 aliphatic heterocycles. The predicted molar refractivity (Wildman–Crippen MR) is 99.9 cm³/mol. The molecule has 0 aliphatic rings. The van der Waals surface area contributed by atoms with Gasteiger partial charge in [-0.2, -0.15) is 5.26 Å². The molecular formula is C21H14N2O4. The van der Waals surface area contributed by atoms with Crippen LogP contribution in [-0.2, 0) is 0 Å². The molecule has 0 bridgehead atoms. The molecule has 0 saturated heterocycles. The van der Waals surface area contributed by atoms with Crippen LogP contribution in [0.4, 0.5) is 5.69 Å². The molecule has 0 radical (unpaired) electrons. The van der Waals surface area contributed by atoms with E-state index in [1.54, 1.807) is 36.4 Å². The third kappa shape index (κ3) is 3.83. The Hall–Kier alpha value is -3.98. The average Bonchev–Trinajstić information content (AvgIpc) is 3.14. The number of carbonyl (C=O) groups is 1. The largest absolute Gasteiger partial charge is 0.457 e. The summed E-state index contributed by atoms with van der Waals surface area (Å²) in [5, 5.41) is 20.1. The third-order valence-corrected chi connectivity index (χ3v) is 4.03. The van der Waals surface area contributed by atoms with E-state index in [-0.39, 0.29) is 17.0 Å². The Kier molecular flexibility index (Phi) is 4.95. The van der Waals surface area contributed by atoms with Crippen LogP contribution in [0.3, 0.4) is 0 Å². The van der Waals surface area contributed by atoms with Gasteiger partial charge in [-0.05, 0) is 36.8 Å². The fraction of sp³-hybridized carbons (Fsp3) is 0.0476. The third-order valence-electron chi connectivity index (χ3n) is 4.03. The summed E-state index contributed by atoms with van der Waals surface area (Å²) in [5.74, 6) is 0.461. The minimum absolute atomic E-state index is 0.0129. The number of nitro benzene ring substituents is 1. The van der Waals surface area contributed by atoms with E-state index >= 15 is 0 Å². The number of Topliss-reactive ketones (excluding diaryl/α,β-unsaturated/α-hetero) is 1. The number of non-ortho nitro benzene ring substituents is 1. The number of furan rings is 1. The highest BCUT2D eigenvalue weighted by molar-refractivity contribution is 6.14. The van der Waals surface area contributed by atoms with Crippen molar-refractivity contribution in [2.75, 3.05) is 0 Å². The van der Waals surface area contributed by atoms with E-state index < -0.39 is 4.92 Å². The van der Waals surface area contributed by atoms with E-state index in [0.29, 0.717) is 22.6 Å². The first-order chi connectivity index (χ1) is 13.0. The molecule has 132 valence electrons. The molecule has 0 unspecified atom stereocenters. The molecule has 3 aromatic rings. The second-order valence-electron chi connectivity index (χ2n) is 5.82. The number of nitro groups is 1. The van der Waals surface area contributed by atoms with E-state index in [9.17, 15) is 20.2 Å². The molecule has 0 fully saturated rings. The van der Waals surface area contributed by atoms with Crippen LogP contribution in [0.5, 0.6) is 0 Å². The normalized spacial score (nSPS) is 11.0. The number of benzene rings is 2. The molecule has 0 N–H and O–H groups in total. The Morgan fingerprint density at radius 2 is 1.81 bits per heavy atom. The van der Waals surface area contributed by atoms with Crippen molar-refractivity contribution in [2.45, 2.75) is 6.92 Å². The van der Waals surface area contributed by atoms with Crippen LogP contribution in [0.2, 0.25) is 0 Å². The first-order valence-electron chi connectivity index (χ1n) is 8.06. The van der Waals surface area contributed by atoms with Crippen molar-refractivity contribution in [3.63, 3.8) is 0 Å². The van der Waals surface area contributed by atoms with Crippen molar-refractivity contribution >= 4 is 17.5 Å². The monoisotopic (exact) mass is 358 g/mol. The van der Waals surface area contributed by atoms with Gasteiger partial charge in [0.25, 0.3) is 5.69 Å². The summed E-state index contributed by atoms with van der Waals surface area (Å²) in [5.41, 5.74) is 1.86. The number of nitrogens with zero attached hydrogens (tertiary/aromatic N) is 2. The van der Waals surface area contributed by atoms with Crippen LogP contribution >= 0.6 is 0 Å². The van der Waals surface area contributed by atoms with Gasteiger partial charge in [0.05, 0.1) is 4.92 Å². The number of nitriles is 1. The lowest BCUT2D eigenvalue weighted by atomic mass is 9.99. The fourth-order valence-corrected chi connectivity index (χ4v) is 2.60. The van der Waals surface area contributed by atoms with Gasteiger partial charge >= 0.3 is 0 Å². The Morgan fingerprint density at radius 1 is 1.11 bits per heavy atom. The van der Waals surface area contributed by atoms with Crippen molar-refractivity contribution in [2.24, 2.45) is 0 Å². The SMILES string of the molecule is Cc1ccccc1C(=O)/C(C#N)=C/c1ccc(-c2ccc([N+](=O)[O-])cc2)o1. The van der Waals surface area contributed by atoms with Gasteiger partial charge in [-0.25, -0.2) is 0 Å². The smallest absolute Gasteiger partial charge is 0.269 e. The number of hydrogen-bond donors (Lipinski definition) is 0. The first-order valence-corrected chi connectivity index (χ1v) is 8.06.